The number of carbonyl (C=O) groups is 3. The maximum atomic E-state index is 12.5. The van der Waals surface area contributed by atoms with Gasteiger partial charge < -0.3 is 24.6 Å². The molecule has 2 fully saturated rings. The van der Waals surface area contributed by atoms with E-state index in [1.165, 1.54) is 0 Å². The Hall–Kier alpha value is -3.73. The van der Waals surface area contributed by atoms with Crippen molar-refractivity contribution in [2.75, 3.05) is 26.3 Å². The summed E-state index contributed by atoms with van der Waals surface area (Å²) in [5, 5.41) is 18.4. The number of amides is 1. The highest BCUT2D eigenvalue weighted by molar-refractivity contribution is 5.93. The van der Waals surface area contributed by atoms with Crippen molar-refractivity contribution < 1.29 is 60.4 Å². The van der Waals surface area contributed by atoms with Gasteiger partial charge in [0.1, 0.15) is 11.3 Å². The molecule has 4 rings (SSSR count). The predicted octanol–water partition coefficient (Wildman–Crippen LogP) is 2.92. The van der Waals surface area contributed by atoms with Crippen LogP contribution in [0.15, 0.2) is 36.8 Å². The summed E-state index contributed by atoms with van der Waals surface area (Å²) < 4.78 is 77.0. The molecule has 0 aliphatic carbocycles. The number of carboxylic acid groups (broad SMARTS) is 2. The van der Waals surface area contributed by atoms with Gasteiger partial charge in [-0.15, -0.1) is 0 Å². The van der Waals surface area contributed by atoms with Crippen molar-refractivity contribution in [1.29, 1.82) is 0 Å². The fourth-order valence-corrected chi connectivity index (χ4v) is 3.87. The largest absolute Gasteiger partial charge is 0.490 e. The Kier molecular flexibility index (Phi) is 11.0. The average molecular weight is 584 g/mol. The molecule has 2 saturated heterocycles. The first kappa shape index (κ1) is 32.5. The van der Waals surface area contributed by atoms with E-state index < -0.39 is 24.3 Å². The van der Waals surface area contributed by atoms with Crippen LogP contribution in [-0.4, -0.2) is 92.0 Å². The van der Waals surface area contributed by atoms with E-state index in [1.54, 1.807) is 29.3 Å². The number of likely N-dealkylation sites (tertiary alicyclic amines) is 1. The zero-order chi connectivity index (χ0) is 30.1. The molecule has 40 heavy (non-hydrogen) atoms. The van der Waals surface area contributed by atoms with E-state index in [1.807, 2.05) is 24.1 Å². The van der Waals surface area contributed by atoms with Gasteiger partial charge in [0.2, 0.25) is 0 Å². The number of carbonyl (C=O) groups excluding carboxylic acids is 1. The van der Waals surface area contributed by atoms with Crippen molar-refractivity contribution in [2.24, 2.45) is 13.0 Å². The number of nitrogens with zero attached hydrogens (tertiary/aromatic N) is 4. The molecule has 11 nitrogen and oxygen atoms in total. The van der Waals surface area contributed by atoms with Gasteiger partial charge in [-0.1, -0.05) is 0 Å². The van der Waals surface area contributed by atoms with Gasteiger partial charge >= 0.3 is 24.3 Å². The van der Waals surface area contributed by atoms with Crippen LogP contribution in [0.2, 0.25) is 0 Å². The van der Waals surface area contributed by atoms with Crippen LogP contribution < -0.4 is 0 Å². The number of pyridine rings is 1. The molecule has 17 heteroatoms. The number of hydrogen-bond donors (Lipinski definition) is 2. The van der Waals surface area contributed by atoms with E-state index in [0.29, 0.717) is 37.9 Å². The number of aliphatic carboxylic acids is 2. The molecule has 4 heterocycles. The third kappa shape index (κ3) is 9.48. The average Bonchev–Trinajstić information content (AvgIpc) is 3.47. The minimum absolute atomic E-state index is 0.0144. The number of aromatic nitrogens is 3. The second-order valence-corrected chi connectivity index (χ2v) is 8.74. The summed E-state index contributed by atoms with van der Waals surface area (Å²) in [5.74, 6) is -5.09. The molecule has 2 aliphatic rings. The molecule has 0 saturated carbocycles. The first-order valence-corrected chi connectivity index (χ1v) is 11.5. The van der Waals surface area contributed by atoms with Crippen LogP contribution in [0.5, 0.6) is 0 Å². The van der Waals surface area contributed by atoms with Gasteiger partial charge in [0.25, 0.3) is 5.91 Å². The first-order valence-electron chi connectivity index (χ1n) is 11.5. The zero-order valence-corrected chi connectivity index (χ0v) is 21.0. The Morgan fingerprint density at radius 3 is 2.08 bits per heavy atom. The monoisotopic (exact) mass is 584 g/mol. The minimum Gasteiger partial charge on any atom is -0.475 e. The summed E-state index contributed by atoms with van der Waals surface area (Å²) in [7, 11) is 1.82. The lowest BCUT2D eigenvalue weighted by atomic mass is 9.79. The van der Waals surface area contributed by atoms with Crippen LogP contribution in [0.3, 0.4) is 0 Å². The van der Waals surface area contributed by atoms with E-state index in [9.17, 15) is 31.1 Å². The minimum atomic E-state index is -5.08. The van der Waals surface area contributed by atoms with Crippen LogP contribution >= 0.6 is 0 Å². The van der Waals surface area contributed by atoms with Crippen molar-refractivity contribution in [3.8, 4) is 0 Å². The number of hydrogen-bond acceptors (Lipinski definition) is 7. The van der Waals surface area contributed by atoms with Crippen molar-refractivity contribution in [3.05, 3.63) is 48.0 Å². The molecule has 222 valence electrons. The maximum Gasteiger partial charge on any atom is 0.490 e. The Balaban J connectivity index is 0.000000333. The number of carboxylic acids is 2. The van der Waals surface area contributed by atoms with Crippen LogP contribution in [0.25, 0.3) is 0 Å². The molecular weight excluding hydrogens is 558 g/mol. The highest BCUT2D eigenvalue weighted by Crippen LogP contribution is 2.42. The standard InChI is InChI=1S/C19H24N4O3.2C2HF3O2/c1-22-9-4-17(21-22)18(24)23-13-19(14-23)16(6-11-26-19)5-10-25-12-15-2-7-20-8-3-15;2*3-2(4,5)1(6)7/h2-4,7-9,16H,5-6,10-14H2,1H3;2*(H,6,7). The van der Waals surface area contributed by atoms with Crippen LogP contribution in [-0.2, 0) is 32.7 Å². The number of ether oxygens (including phenoxy) is 2. The van der Waals surface area contributed by atoms with Gasteiger partial charge in [-0.3, -0.25) is 14.5 Å². The third-order valence-corrected chi connectivity index (χ3v) is 5.85. The fraction of sp³-hybridized carbons (Fsp3) is 0.522. The van der Waals surface area contributed by atoms with E-state index in [2.05, 4.69) is 10.1 Å². The molecule has 0 radical (unpaired) electrons. The second kappa shape index (κ2) is 13.6. The molecule has 2 aromatic rings. The number of rotatable bonds is 6. The lowest BCUT2D eigenvalue weighted by Crippen LogP contribution is -2.66. The molecule has 1 spiro atoms. The summed E-state index contributed by atoms with van der Waals surface area (Å²) in [6.07, 6.45) is -2.83. The Labute approximate surface area is 223 Å². The van der Waals surface area contributed by atoms with Gasteiger partial charge in [0.15, 0.2) is 0 Å². The summed E-state index contributed by atoms with van der Waals surface area (Å²) in [6.45, 7) is 3.37. The van der Waals surface area contributed by atoms with Crippen LogP contribution in [0, 0.1) is 5.92 Å². The van der Waals surface area contributed by atoms with E-state index in [-0.39, 0.29) is 11.5 Å². The van der Waals surface area contributed by atoms with Crippen LogP contribution in [0.1, 0.15) is 28.9 Å². The highest BCUT2D eigenvalue weighted by atomic mass is 19.4. The van der Waals surface area contributed by atoms with Gasteiger partial charge in [0, 0.05) is 38.9 Å². The summed E-state index contributed by atoms with van der Waals surface area (Å²) >= 11 is 0. The van der Waals surface area contributed by atoms with Crippen molar-refractivity contribution in [3.63, 3.8) is 0 Å². The SMILES string of the molecule is Cn1ccc(C(=O)N2CC3(C2)OCCC3CCOCc2ccncc2)n1.O=C(O)C(F)(F)F.O=C(O)C(F)(F)F. The second-order valence-electron chi connectivity index (χ2n) is 8.74. The summed E-state index contributed by atoms with van der Waals surface area (Å²) in [5.41, 5.74) is 1.44. The smallest absolute Gasteiger partial charge is 0.475 e. The molecule has 1 unspecified atom stereocenters. The normalized spacial score (nSPS) is 17.7. The van der Waals surface area contributed by atoms with Crippen molar-refractivity contribution >= 4 is 17.8 Å². The van der Waals surface area contributed by atoms with Gasteiger partial charge in [0.05, 0.1) is 19.7 Å². The predicted molar refractivity (Wildman–Crippen MR) is 122 cm³/mol. The maximum absolute atomic E-state index is 12.5. The number of alkyl halides is 6. The quantitative estimate of drug-likeness (QED) is 0.387. The molecular formula is C23H26F6N4O7. The molecule has 2 aromatic heterocycles. The van der Waals surface area contributed by atoms with Gasteiger partial charge in [-0.25, -0.2) is 9.59 Å². The van der Waals surface area contributed by atoms with Crippen LogP contribution in [0.4, 0.5) is 26.3 Å². The summed E-state index contributed by atoms with van der Waals surface area (Å²) in [4.78, 5) is 36.1. The Morgan fingerprint density at radius 1 is 1.05 bits per heavy atom. The summed E-state index contributed by atoms with van der Waals surface area (Å²) in [6, 6.07) is 5.69. The van der Waals surface area contributed by atoms with Crippen molar-refractivity contribution in [1.82, 2.24) is 19.7 Å². The molecule has 1 atom stereocenters. The Morgan fingerprint density at radius 2 is 1.60 bits per heavy atom. The third-order valence-electron chi connectivity index (χ3n) is 5.85. The van der Waals surface area contributed by atoms with E-state index >= 15 is 0 Å². The molecule has 2 aliphatic heterocycles. The van der Waals surface area contributed by atoms with Gasteiger partial charge in [-0.2, -0.15) is 31.4 Å². The fourth-order valence-electron chi connectivity index (χ4n) is 3.87. The van der Waals surface area contributed by atoms with Crippen molar-refractivity contribution in [2.45, 2.75) is 37.4 Å². The highest BCUT2D eigenvalue weighted by Gasteiger charge is 2.54. The molecule has 0 bridgehead atoms. The topological polar surface area (TPSA) is 144 Å². The van der Waals surface area contributed by atoms with E-state index in [4.69, 9.17) is 29.3 Å². The first-order chi connectivity index (χ1) is 18.5. The van der Waals surface area contributed by atoms with Gasteiger partial charge in [-0.05, 0) is 42.5 Å². The number of halogens is 6. The Bertz CT molecular complexity index is 1110. The molecule has 2 N–H and O–H groups in total. The zero-order valence-electron chi connectivity index (χ0n) is 21.0. The molecule has 0 aromatic carbocycles. The lowest BCUT2D eigenvalue weighted by Gasteiger charge is -2.50. The molecule has 1 amide bonds. The lowest BCUT2D eigenvalue weighted by molar-refractivity contribution is -0.193. The number of aryl methyl sites for hydroxylation is 1. The van der Waals surface area contributed by atoms with E-state index in [0.717, 1.165) is 25.0 Å².